The van der Waals surface area contributed by atoms with E-state index in [2.05, 4.69) is 5.18 Å². The first-order valence-corrected chi connectivity index (χ1v) is 4.63. The number of aromatic amines is 1. The summed E-state index contributed by atoms with van der Waals surface area (Å²) < 4.78 is 27.2. The van der Waals surface area contributed by atoms with Gasteiger partial charge in [-0.25, -0.2) is 0 Å². The second-order valence-electron chi connectivity index (χ2n) is 3.44. The number of aromatic hydroxyl groups is 1. The molecule has 0 aliphatic heterocycles. The van der Waals surface area contributed by atoms with Gasteiger partial charge in [0, 0.05) is 6.07 Å². The monoisotopic (exact) mass is 271 g/mol. The van der Waals surface area contributed by atoms with Gasteiger partial charge in [-0.05, 0) is 5.18 Å². The van der Waals surface area contributed by atoms with Crippen LogP contribution in [0.3, 0.4) is 0 Å². The third-order valence-corrected chi connectivity index (χ3v) is 2.39. The number of hydrogen-bond donors (Lipinski definition) is 2. The molecule has 0 amide bonds. The zero-order chi connectivity index (χ0) is 14.3. The van der Waals surface area contributed by atoms with Gasteiger partial charge in [-0.3, -0.25) is 14.9 Å². The van der Waals surface area contributed by atoms with Gasteiger partial charge in [0.1, 0.15) is 0 Å². The first-order chi connectivity index (χ1) is 8.88. The average molecular weight is 271 g/mol. The Hall–Kier alpha value is -2.91. The van der Waals surface area contributed by atoms with Crippen LogP contribution < -0.4 is 5.56 Å². The molecule has 2 aromatic rings. The third kappa shape index (κ3) is 1.69. The first kappa shape index (κ1) is 12.5. The standard InChI is InChI=1S/C9H3F2N3O5/c10-2-1-3-4(5(11)7(2)14(18)19)6(13-17)8(15)9(16)12-3/h1,15H,(H,12,16). The second-order valence-corrected chi connectivity index (χ2v) is 3.44. The number of nitro benzene ring substituents is 1. The Morgan fingerprint density at radius 2 is 2.05 bits per heavy atom. The maximum absolute atomic E-state index is 13.8. The summed E-state index contributed by atoms with van der Waals surface area (Å²) in [5.41, 5.74) is -4.27. The number of pyridine rings is 1. The molecule has 8 nitrogen and oxygen atoms in total. The number of H-pyrrole nitrogens is 1. The lowest BCUT2D eigenvalue weighted by molar-refractivity contribution is -0.390. The van der Waals surface area contributed by atoms with E-state index in [9.17, 15) is 33.7 Å². The lowest BCUT2D eigenvalue weighted by atomic mass is 10.1. The highest BCUT2D eigenvalue weighted by atomic mass is 19.1. The van der Waals surface area contributed by atoms with Crippen molar-refractivity contribution in [1.29, 1.82) is 0 Å². The van der Waals surface area contributed by atoms with E-state index < -0.39 is 50.1 Å². The highest BCUT2D eigenvalue weighted by molar-refractivity contribution is 5.94. The fraction of sp³-hybridized carbons (Fsp3) is 0. The Kier molecular flexibility index (Phi) is 2.70. The molecule has 0 radical (unpaired) electrons. The summed E-state index contributed by atoms with van der Waals surface area (Å²) in [4.78, 5) is 32.8. The maximum Gasteiger partial charge on any atom is 0.340 e. The summed E-state index contributed by atoms with van der Waals surface area (Å²) in [6.45, 7) is 0. The van der Waals surface area contributed by atoms with Gasteiger partial charge in [0.05, 0.1) is 15.8 Å². The van der Waals surface area contributed by atoms with E-state index in [0.29, 0.717) is 6.07 Å². The van der Waals surface area contributed by atoms with Gasteiger partial charge < -0.3 is 10.1 Å². The molecule has 0 bridgehead atoms. The number of hydrogen-bond acceptors (Lipinski definition) is 6. The van der Waals surface area contributed by atoms with Crippen LogP contribution >= 0.6 is 0 Å². The number of nitrogens with one attached hydrogen (secondary N) is 1. The molecule has 1 aromatic carbocycles. The van der Waals surface area contributed by atoms with Crippen molar-refractivity contribution in [1.82, 2.24) is 4.98 Å². The minimum absolute atomic E-state index is 0.464. The van der Waals surface area contributed by atoms with Crippen LogP contribution in [0.5, 0.6) is 5.75 Å². The Morgan fingerprint density at radius 3 is 2.58 bits per heavy atom. The normalized spacial score (nSPS) is 10.6. The van der Waals surface area contributed by atoms with Gasteiger partial charge >= 0.3 is 5.69 Å². The summed E-state index contributed by atoms with van der Waals surface area (Å²) in [5, 5.41) is 21.2. The molecule has 0 saturated carbocycles. The number of benzene rings is 1. The van der Waals surface area contributed by atoms with Crippen molar-refractivity contribution in [2.24, 2.45) is 5.18 Å². The second kappa shape index (κ2) is 4.08. The molecule has 0 aliphatic rings. The molecule has 0 atom stereocenters. The topological polar surface area (TPSA) is 126 Å². The lowest BCUT2D eigenvalue weighted by Gasteiger charge is -2.04. The average Bonchev–Trinajstić information content (AvgIpc) is 2.31. The summed E-state index contributed by atoms with van der Waals surface area (Å²) in [6.07, 6.45) is 0. The summed E-state index contributed by atoms with van der Waals surface area (Å²) in [6, 6.07) is 0.464. The van der Waals surface area contributed by atoms with Gasteiger partial charge in [0.25, 0.3) is 5.56 Å². The zero-order valence-electron chi connectivity index (χ0n) is 8.81. The number of nitroso groups, excluding NO2 is 1. The minimum atomic E-state index is -1.71. The van der Waals surface area contributed by atoms with E-state index in [1.165, 1.54) is 0 Å². The molecule has 10 heteroatoms. The van der Waals surface area contributed by atoms with Crippen molar-refractivity contribution in [3.63, 3.8) is 0 Å². The van der Waals surface area contributed by atoms with Crippen molar-refractivity contribution in [2.45, 2.75) is 0 Å². The van der Waals surface area contributed by atoms with E-state index in [-0.39, 0.29) is 0 Å². The van der Waals surface area contributed by atoms with Crippen molar-refractivity contribution in [3.8, 4) is 5.75 Å². The van der Waals surface area contributed by atoms with Crippen molar-refractivity contribution >= 4 is 22.3 Å². The Morgan fingerprint density at radius 1 is 1.42 bits per heavy atom. The number of halogens is 2. The van der Waals surface area contributed by atoms with E-state index in [1.807, 2.05) is 4.98 Å². The van der Waals surface area contributed by atoms with Crippen LogP contribution in [0.15, 0.2) is 16.0 Å². The molecule has 0 saturated heterocycles. The molecule has 0 spiro atoms. The van der Waals surface area contributed by atoms with Gasteiger partial charge in [-0.2, -0.15) is 8.78 Å². The van der Waals surface area contributed by atoms with Gasteiger partial charge in [-0.1, -0.05) is 0 Å². The fourth-order valence-electron chi connectivity index (χ4n) is 1.60. The smallest absolute Gasteiger partial charge is 0.340 e. The highest BCUT2D eigenvalue weighted by Gasteiger charge is 2.28. The van der Waals surface area contributed by atoms with Crippen LogP contribution in [0.2, 0.25) is 0 Å². The van der Waals surface area contributed by atoms with Crippen molar-refractivity contribution < 1.29 is 18.8 Å². The van der Waals surface area contributed by atoms with Gasteiger partial charge in [0.2, 0.25) is 17.4 Å². The van der Waals surface area contributed by atoms with E-state index in [0.717, 1.165) is 0 Å². The van der Waals surface area contributed by atoms with Crippen LogP contribution in [0.1, 0.15) is 0 Å². The molecule has 2 N–H and O–H groups in total. The Bertz CT molecular complexity index is 786. The quantitative estimate of drug-likeness (QED) is 0.489. The van der Waals surface area contributed by atoms with Crippen LogP contribution in [-0.4, -0.2) is 15.0 Å². The molecule has 1 aromatic heterocycles. The molecular weight excluding hydrogens is 268 g/mol. The van der Waals surface area contributed by atoms with E-state index >= 15 is 0 Å². The van der Waals surface area contributed by atoms with E-state index in [4.69, 9.17) is 0 Å². The predicted molar refractivity (Wildman–Crippen MR) is 58.3 cm³/mol. The summed E-state index contributed by atoms with van der Waals surface area (Å²) >= 11 is 0. The molecule has 0 fully saturated rings. The molecule has 1 heterocycles. The van der Waals surface area contributed by atoms with Crippen molar-refractivity contribution in [3.05, 3.63) is 43.1 Å². The minimum Gasteiger partial charge on any atom is -0.501 e. The SMILES string of the molecule is O=Nc1c(O)c(=O)[nH]c2cc(F)c([N+](=O)[O-])c(F)c12. The molecular formula is C9H3F2N3O5. The van der Waals surface area contributed by atoms with Crippen LogP contribution in [0.25, 0.3) is 10.9 Å². The molecule has 2 rings (SSSR count). The number of nitrogens with zero attached hydrogens (tertiary/aromatic N) is 2. The third-order valence-electron chi connectivity index (χ3n) is 2.39. The Balaban J connectivity index is 3.12. The summed E-state index contributed by atoms with van der Waals surface area (Å²) in [7, 11) is 0. The largest absolute Gasteiger partial charge is 0.501 e. The lowest BCUT2D eigenvalue weighted by Crippen LogP contribution is -2.07. The first-order valence-electron chi connectivity index (χ1n) is 4.63. The van der Waals surface area contributed by atoms with Crippen LogP contribution in [-0.2, 0) is 0 Å². The number of aromatic nitrogens is 1. The number of rotatable bonds is 2. The zero-order valence-corrected chi connectivity index (χ0v) is 8.81. The maximum atomic E-state index is 13.8. The van der Waals surface area contributed by atoms with Crippen LogP contribution in [0, 0.1) is 26.7 Å². The molecule has 0 unspecified atom stereocenters. The van der Waals surface area contributed by atoms with Gasteiger partial charge in [0.15, 0.2) is 5.69 Å². The van der Waals surface area contributed by atoms with Crippen molar-refractivity contribution in [2.75, 3.05) is 0 Å². The van der Waals surface area contributed by atoms with Crippen LogP contribution in [0.4, 0.5) is 20.2 Å². The predicted octanol–water partition coefficient (Wildman–Crippen LogP) is 1.82. The fourth-order valence-corrected chi connectivity index (χ4v) is 1.60. The van der Waals surface area contributed by atoms with Gasteiger partial charge in [-0.15, -0.1) is 4.91 Å². The number of nitro groups is 1. The summed E-state index contributed by atoms with van der Waals surface area (Å²) in [5.74, 6) is -4.45. The number of fused-ring (bicyclic) bond motifs is 1. The molecule has 19 heavy (non-hydrogen) atoms. The highest BCUT2D eigenvalue weighted by Crippen LogP contribution is 2.37. The molecule has 98 valence electrons. The molecule has 0 aliphatic carbocycles. The van der Waals surface area contributed by atoms with E-state index in [1.54, 1.807) is 0 Å². The Labute approximate surface area is 101 Å².